The Bertz CT molecular complexity index is 773. The molecule has 0 spiro atoms. The predicted octanol–water partition coefficient (Wildman–Crippen LogP) is 2.88. The number of allylic oxidation sites excluding steroid dienone is 2. The number of fused-ring (bicyclic) bond motifs is 1. The van der Waals surface area contributed by atoms with E-state index in [0.717, 1.165) is 28.6 Å². The number of benzene rings is 1. The van der Waals surface area contributed by atoms with Gasteiger partial charge in [0, 0.05) is 17.5 Å². The fourth-order valence-electron chi connectivity index (χ4n) is 2.61. The molecule has 2 N–H and O–H groups in total. The normalized spacial score (nSPS) is 18.5. The van der Waals surface area contributed by atoms with Gasteiger partial charge in [0.15, 0.2) is 0 Å². The maximum absolute atomic E-state index is 12.3. The van der Waals surface area contributed by atoms with E-state index < -0.39 is 12.8 Å². The molecule has 3 rings (SSSR count). The molecule has 126 valence electrons. The number of nitrogens with one attached hydrogen (secondary N) is 1. The summed E-state index contributed by atoms with van der Waals surface area (Å²) in [4.78, 5) is 4.70. The molecule has 0 saturated heterocycles. The van der Waals surface area contributed by atoms with E-state index in [0.29, 0.717) is 11.8 Å². The van der Waals surface area contributed by atoms with Crippen molar-refractivity contribution in [1.29, 1.82) is 0 Å². The molecule has 0 bridgehead atoms. The van der Waals surface area contributed by atoms with Crippen molar-refractivity contribution in [1.82, 2.24) is 10.3 Å². The average Bonchev–Trinajstić information content (AvgIpc) is 2.65. The summed E-state index contributed by atoms with van der Waals surface area (Å²) in [5.41, 5.74) is 2.82. The summed E-state index contributed by atoms with van der Waals surface area (Å²) in [5.74, 6) is 0.572. The van der Waals surface area contributed by atoms with Crippen molar-refractivity contribution in [2.24, 2.45) is 0 Å². The summed E-state index contributed by atoms with van der Waals surface area (Å²) in [5, 5.41) is 13.5. The zero-order valence-corrected chi connectivity index (χ0v) is 13.6. The zero-order valence-electron chi connectivity index (χ0n) is 13.6. The van der Waals surface area contributed by atoms with E-state index in [1.54, 1.807) is 6.07 Å². The third-order valence-electron chi connectivity index (χ3n) is 4.05. The number of alkyl halides is 1. The van der Waals surface area contributed by atoms with Gasteiger partial charge in [-0.3, -0.25) is 0 Å². The van der Waals surface area contributed by atoms with E-state index in [1.807, 2.05) is 31.3 Å². The highest BCUT2D eigenvalue weighted by Crippen LogP contribution is 2.25. The minimum Gasteiger partial charge on any atom is -0.491 e. The molecule has 1 heterocycles. The molecule has 1 aliphatic carbocycles. The number of aliphatic hydroxyl groups is 1. The van der Waals surface area contributed by atoms with Gasteiger partial charge in [-0.25, -0.2) is 9.37 Å². The highest BCUT2D eigenvalue weighted by atomic mass is 19.1. The second kappa shape index (κ2) is 7.55. The van der Waals surface area contributed by atoms with Crippen LogP contribution in [-0.4, -0.2) is 42.6 Å². The Morgan fingerprint density at radius 2 is 2.21 bits per heavy atom. The van der Waals surface area contributed by atoms with Crippen LogP contribution in [-0.2, 0) is 0 Å². The Morgan fingerprint density at radius 1 is 1.38 bits per heavy atom. The number of ether oxygens (including phenoxy) is 1. The SMILES string of the molecule is CN[C@@H]1C=CC(c2ccc3ccc(OCC(O)CF)cc3n2)=CC1. The first-order chi connectivity index (χ1) is 11.7. The molecule has 0 saturated carbocycles. The van der Waals surface area contributed by atoms with Crippen LogP contribution < -0.4 is 10.1 Å². The number of halogens is 1. The summed E-state index contributed by atoms with van der Waals surface area (Å²) in [6.07, 6.45) is 6.23. The van der Waals surface area contributed by atoms with Crippen molar-refractivity contribution < 1.29 is 14.2 Å². The van der Waals surface area contributed by atoms with E-state index in [9.17, 15) is 9.50 Å². The van der Waals surface area contributed by atoms with Gasteiger partial charge in [-0.1, -0.05) is 24.3 Å². The molecule has 24 heavy (non-hydrogen) atoms. The molecule has 5 heteroatoms. The van der Waals surface area contributed by atoms with Gasteiger partial charge in [0.25, 0.3) is 0 Å². The van der Waals surface area contributed by atoms with E-state index in [1.165, 1.54) is 0 Å². The lowest BCUT2D eigenvalue weighted by Gasteiger charge is -2.15. The second-order valence-electron chi connectivity index (χ2n) is 5.82. The third kappa shape index (κ3) is 3.80. The summed E-state index contributed by atoms with van der Waals surface area (Å²) in [7, 11) is 1.95. The lowest BCUT2D eigenvalue weighted by Crippen LogP contribution is -2.23. The van der Waals surface area contributed by atoms with Gasteiger partial charge in [0.05, 0.1) is 11.2 Å². The summed E-state index contributed by atoms with van der Waals surface area (Å²) in [6.45, 7) is -0.884. The van der Waals surface area contributed by atoms with Crippen molar-refractivity contribution in [3.63, 3.8) is 0 Å². The van der Waals surface area contributed by atoms with Crippen LogP contribution in [0.4, 0.5) is 4.39 Å². The predicted molar refractivity (Wildman–Crippen MR) is 93.8 cm³/mol. The van der Waals surface area contributed by atoms with Gasteiger partial charge in [0.1, 0.15) is 25.1 Å². The number of hydrogen-bond donors (Lipinski definition) is 2. The molecule has 0 fully saturated rings. The summed E-state index contributed by atoms with van der Waals surface area (Å²) in [6, 6.07) is 9.92. The summed E-state index contributed by atoms with van der Waals surface area (Å²) < 4.78 is 17.7. The first-order valence-electron chi connectivity index (χ1n) is 8.03. The molecule has 1 aliphatic rings. The number of hydrogen-bond acceptors (Lipinski definition) is 4. The minimum atomic E-state index is -1.10. The van der Waals surface area contributed by atoms with E-state index >= 15 is 0 Å². The maximum atomic E-state index is 12.3. The molecule has 0 radical (unpaired) electrons. The van der Waals surface area contributed by atoms with Crippen LogP contribution in [0.3, 0.4) is 0 Å². The molecular formula is C19H21FN2O2. The topological polar surface area (TPSA) is 54.4 Å². The van der Waals surface area contributed by atoms with Crippen molar-refractivity contribution in [2.45, 2.75) is 18.6 Å². The summed E-state index contributed by atoms with van der Waals surface area (Å²) >= 11 is 0. The van der Waals surface area contributed by atoms with Crippen molar-refractivity contribution in [3.05, 3.63) is 54.3 Å². The Balaban J connectivity index is 1.82. The largest absolute Gasteiger partial charge is 0.491 e. The van der Waals surface area contributed by atoms with Gasteiger partial charge >= 0.3 is 0 Å². The number of pyridine rings is 1. The Hall–Kier alpha value is -2.24. The highest BCUT2D eigenvalue weighted by Gasteiger charge is 2.10. The smallest absolute Gasteiger partial charge is 0.121 e. The fourth-order valence-corrected chi connectivity index (χ4v) is 2.61. The second-order valence-corrected chi connectivity index (χ2v) is 5.82. The molecule has 1 aromatic carbocycles. The van der Waals surface area contributed by atoms with Crippen LogP contribution in [0, 0.1) is 0 Å². The lowest BCUT2D eigenvalue weighted by atomic mass is 10.00. The van der Waals surface area contributed by atoms with Crippen molar-refractivity contribution >= 4 is 16.5 Å². The van der Waals surface area contributed by atoms with Crippen LogP contribution in [0.2, 0.25) is 0 Å². The molecular weight excluding hydrogens is 307 g/mol. The number of nitrogens with zero attached hydrogens (tertiary/aromatic N) is 1. The first kappa shape index (κ1) is 16.6. The van der Waals surface area contributed by atoms with E-state index in [2.05, 4.69) is 23.5 Å². The monoisotopic (exact) mass is 328 g/mol. The quantitative estimate of drug-likeness (QED) is 0.856. The van der Waals surface area contributed by atoms with Gasteiger partial charge < -0.3 is 15.2 Å². The van der Waals surface area contributed by atoms with E-state index in [-0.39, 0.29) is 6.61 Å². The van der Waals surface area contributed by atoms with Crippen LogP contribution in [0.25, 0.3) is 16.5 Å². The molecule has 4 nitrogen and oxygen atoms in total. The Labute approximate surface area is 140 Å². The maximum Gasteiger partial charge on any atom is 0.121 e. The molecule has 2 aromatic rings. The van der Waals surface area contributed by atoms with Crippen molar-refractivity contribution in [2.75, 3.05) is 20.3 Å². The number of likely N-dealkylation sites (N-methyl/N-ethyl adjacent to an activating group) is 1. The van der Waals surface area contributed by atoms with Gasteiger partial charge in [-0.2, -0.15) is 0 Å². The Kier molecular flexibility index (Phi) is 5.23. The molecule has 1 aromatic heterocycles. The number of aliphatic hydroxyl groups excluding tert-OH is 1. The average molecular weight is 328 g/mol. The lowest BCUT2D eigenvalue weighted by molar-refractivity contribution is 0.0842. The minimum absolute atomic E-state index is 0.0685. The van der Waals surface area contributed by atoms with Crippen LogP contribution in [0.1, 0.15) is 12.1 Å². The van der Waals surface area contributed by atoms with Gasteiger partial charge in [-0.15, -0.1) is 0 Å². The Morgan fingerprint density at radius 3 is 2.92 bits per heavy atom. The zero-order chi connectivity index (χ0) is 16.9. The number of aromatic nitrogens is 1. The van der Waals surface area contributed by atoms with Crippen LogP contribution in [0.15, 0.2) is 48.6 Å². The molecule has 1 unspecified atom stereocenters. The third-order valence-corrected chi connectivity index (χ3v) is 4.05. The van der Waals surface area contributed by atoms with Crippen LogP contribution >= 0.6 is 0 Å². The molecule has 0 aliphatic heterocycles. The standard InChI is InChI=1S/C19H21FN2O2/c1-21-15-6-2-13(3-7-15)18-9-5-14-4-8-17(10-19(14)22-18)24-12-16(23)11-20/h2-6,8-10,15-16,21,23H,7,11-12H2,1H3/t15-,16?/m1/s1. The molecule has 2 atom stereocenters. The van der Waals surface area contributed by atoms with Crippen LogP contribution in [0.5, 0.6) is 5.75 Å². The first-order valence-corrected chi connectivity index (χ1v) is 8.03. The number of rotatable bonds is 6. The molecule has 0 amide bonds. The van der Waals surface area contributed by atoms with Gasteiger partial charge in [-0.05, 0) is 37.2 Å². The highest BCUT2D eigenvalue weighted by molar-refractivity contribution is 5.84. The van der Waals surface area contributed by atoms with Gasteiger partial charge in [0.2, 0.25) is 0 Å². The fraction of sp³-hybridized carbons (Fsp3) is 0.316. The van der Waals surface area contributed by atoms with Crippen molar-refractivity contribution in [3.8, 4) is 5.75 Å². The van der Waals surface area contributed by atoms with E-state index in [4.69, 9.17) is 9.72 Å².